The van der Waals surface area contributed by atoms with Crippen molar-refractivity contribution >= 4 is 5.71 Å². The molecule has 0 aliphatic heterocycles. The molecule has 1 unspecified atom stereocenters. The zero-order valence-corrected chi connectivity index (χ0v) is 14.0. The molecule has 0 saturated heterocycles. The minimum Gasteiger partial charge on any atom is -0.309 e. The summed E-state index contributed by atoms with van der Waals surface area (Å²) in [4.78, 5) is 0. The van der Waals surface area contributed by atoms with Crippen molar-refractivity contribution in [2.24, 2.45) is 5.92 Å². The topological polar surface area (TPSA) is 23.9 Å². The molecule has 0 spiro atoms. The molecule has 1 atom stereocenters. The second kappa shape index (κ2) is 7.93. The smallest absolute Gasteiger partial charge is 0.0188 e. The fourth-order valence-corrected chi connectivity index (χ4v) is 2.76. The molecular weight excluding hydrogens is 266 g/mol. The van der Waals surface area contributed by atoms with Gasteiger partial charge in [-0.05, 0) is 41.9 Å². The van der Waals surface area contributed by atoms with Crippen LogP contribution in [-0.4, -0.2) is 5.71 Å². The Balaban J connectivity index is 1.92. The molecule has 2 aromatic rings. The summed E-state index contributed by atoms with van der Waals surface area (Å²) in [6, 6.07) is 19.3. The van der Waals surface area contributed by atoms with Crippen molar-refractivity contribution in [2.75, 3.05) is 0 Å². The Morgan fingerprint density at radius 3 is 2.09 bits per heavy atom. The SMILES string of the molecule is CC(C)Cc1ccc(C(C)C(=N)CCc2ccccc2)cc1. The molecule has 0 bridgehead atoms. The third-order valence-corrected chi connectivity index (χ3v) is 4.17. The minimum absolute atomic E-state index is 0.205. The van der Waals surface area contributed by atoms with E-state index in [4.69, 9.17) is 5.41 Å². The Labute approximate surface area is 134 Å². The number of aryl methyl sites for hydroxylation is 1. The summed E-state index contributed by atoms with van der Waals surface area (Å²) in [5.74, 6) is 0.893. The maximum absolute atomic E-state index is 8.35. The lowest BCUT2D eigenvalue weighted by atomic mass is 9.91. The van der Waals surface area contributed by atoms with Gasteiger partial charge in [-0.25, -0.2) is 0 Å². The van der Waals surface area contributed by atoms with Gasteiger partial charge in [0.1, 0.15) is 0 Å². The molecule has 0 aliphatic rings. The second-order valence-corrected chi connectivity index (χ2v) is 6.57. The molecule has 0 amide bonds. The molecular formula is C21H27N. The molecule has 0 aromatic heterocycles. The van der Waals surface area contributed by atoms with E-state index in [1.807, 2.05) is 6.07 Å². The van der Waals surface area contributed by atoms with E-state index in [0.717, 1.165) is 25.0 Å². The van der Waals surface area contributed by atoms with Crippen molar-refractivity contribution in [3.63, 3.8) is 0 Å². The maximum atomic E-state index is 8.35. The number of hydrogen-bond donors (Lipinski definition) is 1. The van der Waals surface area contributed by atoms with Gasteiger partial charge in [-0.15, -0.1) is 0 Å². The lowest BCUT2D eigenvalue weighted by Crippen LogP contribution is -2.09. The van der Waals surface area contributed by atoms with Crippen LogP contribution in [0.3, 0.4) is 0 Å². The van der Waals surface area contributed by atoms with Crippen LogP contribution >= 0.6 is 0 Å². The average molecular weight is 293 g/mol. The number of nitrogens with one attached hydrogen (secondary N) is 1. The first-order valence-corrected chi connectivity index (χ1v) is 8.26. The first kappa shape index (κ1) is 16.5. The quantitative estimate of drug-likeness (QED) is 0.639. The zero-order valence-electron chi connectivity index (χ0n) is 14.0. The second-order valence-electron chi connectivity index (χ2n) is 6.57. The molecule has 0 radical (unpaired) electrons. The van der Waals surface area contributed by atoms with Crippen LogP contribution in [0.25, 0.3) is 0 Å². The first-order chi connectivity index (χ1) is 10.6. The fraction of sp³-hybridized carbons (Fsp3) is 0.381. The Morgan fingerprint density at radius 2 is 1.50 bits per heavy atom. The molecule has 116 valence electrons. The predicted molar refractivity (Wildman–Crippen MR) is 95.9 cm³/mol. The summed E-state index contributed by atoms with van der Waals surface area (Å²) in [7, 11) is 0. The molecule has 1 nitrogen and oxygen atoms in total. The molecule has 2 rings (SSSR count). The highest BCUT2D eigenvalue weighted by atomic mass is 14.4. The molecule has 1 N–H and O–H groups in total. The number of hydrogen-bond acceptors (Lipinski definition) is 1. The van der Waals surface area contributed by atoms with Crippen LogP contribution in [0.4, 0.5) is 0 Å². The Bertz CT molecular complexity index is 581. The summed E-state index contributed by atoms with van der Waals surface area (Å²) in [5.41, 5.74) is 4.78. The van der Waals surface area contributed by atoms with Crippen LogP contribution in [0.2, 0.25) is 0 Å². The average Bonchev–Trinajstić information content (AvgIpc) is 2.53. The van der Waals surface area contributed by atoms with Crippen LogP contribution in [-0.2, 0) is 12.8 Å². The molecule has 22 heavy (non-hydrogen) atoms. The lowest BCUT2D eigenvalue weighted by molar-refractivity contribution is 0.647. The van der Waals surface area contributed by atoms with E-state index in [1.165, 1.54) is 16.7 Å². The summed E-state index contributed by atoms with van der Waals surface area (Å²) >= 11 is 0. The normalized spacial score (nSPS) is 12.4. The van der Waals surface area contributed by atoms with E-state index >= 15 is 0 Å². The van der Waals surface area contributed by atoms with Crippen molar-refractivity contribution in [1.29, 1.82) is 5.41 Å². The van der Waals surface area contributed by atoms with Crippen LogP contribution in [0.15, 0.2) is 54.6 Å². The van der Waals surface area contributed by atoms with Gasteiger partial charge in [0.15, 0.2) is 0 Å². The highest BCUT2D eigenvalue weighted by Gasteiger charge is 2.11. The van der Waals surface area contributed by atoms with Gasteiger partial charge in [-0.3, -0.25) is 0 Å². The highest BCUT2D eigenvalue weighted by molar-refractivity contribution is 5.88. The summed E-state index contributed by atoms with van der Waals surface area (Å²) in [6.45, 7) is 6.64. The molecule has 1 heteroatoms. The van der Waals surface area contributed by atoms with Crippen LogP contribution in [0, 0.1) is 11.3 Å². The fourth-order valence-electron chi connectivity index (χ4n) is 2.76. The predicted octanol–water partition coefficient (Wildman–Crippen LogP) is 5.64. The zero-order chi connectivity index (χ0) is 15.9. The molecule has 0 aliphatic carbocycles. The summed E-state index contributed by atoms with van der Waals surface area (Å²) in [6.07, 6.45) is 2.91. The third kappa shape index (κ3) is 4.84. The van der Waals surface area contributed by atoms with Gasteiger partial charge < -0.3 is 5.41 Å². The standard InChI is InChI=1S/C21H27N/c1-16(2)15-19-9-12-20(13-10-19)17(3)21(22)14-11-18-7-5-4-6-8-18/h4-10,12-13,16-17,22H,11,14-15H2,1-3H3. The van der Waals surface area contributed by atoms with Crippen molar-refractivity contribution in [3.8, 4) is 0 Å². The van der Waals surface area contributed by atoms with Crippen molar-refractivity contribution in [1.82, 2.24) is 0 Å². The summed E-state index contributed by atoms with van der Waals surface area (Å²) < 4.78 is 0. The van der Waals surface area contributed by atoms with Gasteiger partial charge in [-0.1, -0.05) is 75.4 Å². The number of benzene rings is 2. The van der Waals surface area contributed by atoms with Gasteiger partial charge in [-0.2, -0.15) is 0 Å². The highest BCUT2D eigenvalue weighted by Crippen LogP contribution is 2.20. The third-order valence-electron chi connectivity index (χ3n) is 4.17. The number of rotatable bonds is 7. The van der Waals surface area contributed by atoms with E-state index in [2.05, 4.69) is 69.3 Å². The largest absolute Gasteiger partial charge is 0.309 e. The van der Waals surface area contributed by atoms with E-state index in [9.17, 15) is 0 Å². The Kier molecular flexibility index (Phi) is 5.94. The van der Waals surface area contributed by atoms with E-state index < -0.39 is 0 Å². The monoisotopic (exact) mass is 293 g/mol. The van der Waals surface area contributed by atoms with E-state index in [-0.39, 0.29) is 5.92 Å². The first-order valence-electron chi connectivity index (χ1n) is 8.26. The Morgan fingerprint density at radius 1 is 0.864 bits per heavy atom. The van der Waals surface area contributed by atoms with Gasteiger partial charge in [0.05, 0.1) is 0 Å². The van der Waals surface area contributed by atoms with Crippen LogP contribution < -0.4 is 0 Å². The molecule has 2 aromatic carbocycles. The molecule has 0 fully saturated rings. The van der Waals surface area contributed by atoms with Gasteiger partial charge >= 0.3 is 0 Å². The van der Waals surface area contributed by atoms with Gasteiger partial charge in [0.25, 0.3) is 0 Å². The minimum atomic E-state index is 0.205. The molecule has 0 saturated carbocycles. The van der Waals surface area contributed by atoms with Crippen LogP contribution in [0.1, 0.15) is 49.8 Å². The van der Waals surface area contributed by atoms with Crippen LogP contribution in [0.5, 0.6) is 0 Å². The van der Waals surface area contributed by atoms with E-state index in [0.29, 0.717) is 5.92 Å². The Hall–Kier alpha value is -1.89. The van der Waals surface area contributed by atoms with Gasteiger partial charge in [0.2, 0.25) is 0 Å². The van der Waals surface area contributed by atoms with Crippen molar-refractivity contribution < 1.29 is 0 Å². The molecule has 0 heterocycles. The maximum Gasteiger partial charge on any atom is 0.0188 e. The van der Waals surface area contributed by atoms with E-state index in [1.54, 1.807) is 0 Å². The lowest BCUT2D eigenvalue weighted by Gasteiger charge is -2.15. The summed E-state index contributed by atoms with van der Waals surface area (Å²) in [5, 5.41) is 8.35. The van der Waals surface area contributed by atoms with Crippen molar-refractivity contribution in [3.05, 3.63) is 71.3 Å². The van der Waals surface area contributed by atoms with Gasteiger partial charge in [0, 0.05) is 11.6 Å². The van der Waals surface area contributed by atoms with Crippen molar-refractivity contribution in [2.45, 2.75) is 46.0 Å².